The lowest BCUT2D eigenvalue weighted by molar-refractivity contribution is -0.118. The van der Waals surface area contributed by atoms with E-state index in [-0.39, 0.29) is 17.9 Å². The third-order valence-electron chi connectivity index (χ3n) is 5.53. The maximum absolute atomic E-state index is 13.1. The van der Waals surface area contributed by atoms with E-state index >= 15 is 0 Å². The first-order chi connectivity index (χ1) is 15.0. The van der Waals surface area contributed by atoms with Gasteiger partial charge in [-0.1, -0.05) is 48.3 Å². The zero-order valence-electron chi connectivity index (χ0n) is 17.4. The first kappa shape index (κ1) is 21.5. The Morgan fingerprint density at radius 3 is 2.61 bits per heavy atom. The number of hydrogen-bond acceptors (Lipinski definition) is 5. The fraction of sp³-hybridized carbons (Fsp3) is 0.304. The monoisotopic (exact) mass is 458 g/mol. The summed E-state index contributed by atoms with van der Waals surface area (Å²) in [6, 6.07) is 12.8. The van der Waals surface area contributed by atoms with E-state index in [1.807, 2.05) is 54.5 Å². The smallest absolute Gasteiger partial charge is 0.286 e. The number of nitrogens with one attached hydrogen (secondary N) is 1. The van der Waals surface area contributed by atoms with Gasteiger partial charge >= 0.3 is 0 Å². The predicted molar refractivity (Wildman–Crippen MR) is 124 cm³/mol. The summed E-state index contributed by atoms with van der Waals surface area (Å²) in [7, 11) is 1.63. The summed E-state index contributed by atoms with van der Waals surface area (Å²) < 4.78 is 5.29. The number of allylic oxidation sites excluding steroid dienone is 1. The quantitative estimate of drug-likeness (QED) is 0.668. The number of nitrogens with zero attached hydrogens (tertiary/aromatic N) is 3. The van der Waals surface area contributed by atoms with Crippen molar-refractivity contribution in [1.29, 1.82) is 0 Å². The molecule has 0 radical (unpaired) electrons. The molecular weight excluding hydrogens is 435 g/mol. The summed E-state index contributed by atoms with van der Waals surface area (Å²) in [4.78, 5) is 13.1. The van der Waals surface area contributed by atoms with Crippen LogP contribution in [-0.2, 0) is 4.79 Å². The molecule has 2 atom stereocenters. The summed E-state index contributed by atoms with van der Waals surface area (Å²) in [5.74, 6) is 0.375. The largest absolute Gasteiger partial charge is 0.497 e. The van der Waals surface area contributed by atoms with Crippen LogP contribution in [0.15, 0.2) is 59.8 Å². The van der Waals surface area contributed by atoms with Crippen LogP contribution < -0.4 is 15.2 Å². The van der Waals surface area contributed by atoms with Gasteiger partial charge in [0.25, 0.3) is 5.91 Å². The molecule has 0 spiro atoms. The summed E-state index contributed by atoms with van der Waals surface area (Å²) in [5, 5.41) is 9.36. The number of carbonyl (C=O) groups excluding carboxylic acids is 1. The van der Waals surface area contributed by atoms with Crippen LogP contribution >= 0.6 is 23.2 Å². The van der Waals surface area contributed by atoms with Gasteiger partial charge in [-0.15, -0.1) is 0 Å². The zero-order valence-corrected chi connectivity index (χ0v) is 18.9. The van der Waals surface area contributed by atoms with Crippen molar-refractivity contribution in [3.05, 3.63) is 70.3 Å². The van der Waals surface area contributed by atoms with Crippen molar-refractivity contribution in [3.63, 3.8) is 0 Å². The van der Waals surface area contributed by atoms with E-state index in [1.165, 1.54) is 0 Å². The Morgan fingerprint density at radius 2 is 1.97 bits per heavy atom. The number of hydrazine groups is 1. The Kier molecular flexibility index (Phi) is 6.39. The minimum atomic E-state index is -0.217. The third-order valence-corrected chi connectivity index (χ3v) is 6.07. The zero-order chi connectivity index (χ0) is 22.0. The molecule has 0 aliphatic carbocycles. The van der Waals surface area contributed by atoms with Crippen molar-refractivity contribution in [2.75, 3.05) is 18.7 Å². The second kappa shape index (κ2) is 9.20. The molecule has 2 aliphatic rings. The standard InChI is InChI=1S/C23H24Cl2N4O2/c1-15-21(23(30)27-28-12-4-3-5-13-28)26-29(20-11-8-17(24)14-19(20)25)22(15)16-6-9-18(31-2)10-7-16/h4,6-12,14-15,22H,3,5,13H2,1-2H3,(H,27,30)/t15-,22+/m1/s1. The highest BCUT2D eigenvalue weighted by molar-refractivity contribution is 6.41. The highest BCUT2D eigenvalue weighted by atomic mass is 35.5. The van der Waals surface area contributed by atoms with Gasteiger partial charge in [-0.25, -0.2) is 0 Å². The molecule has 2 heterocycles. The van der Waals surface area contributed by atoms with E-state index in [9.17, 15) is 4.79 Å². The molecule has 0 unspecified atom stereocenters. The molecule has 2 aromatic rings. The molecule has 0 saturated heterocycles. The summed E-state index contributed by atoms with van der Waals surface area (Å²) in [5.41, 5.74) is 5.10. The number of carbonyl (C=O) groups is 1. The average Bonchev–Trinajstić information content (AvgIpc) is 3.11. The molecule has 31 heavy (non-hydrogen) atoms. The molecule has 8 heteroatoms. The Hall–Kier alpha value is -2.70. The number of amides is 1. The predicted octanol–water partition coefficient (Wildman–Crippen LogP) is 5.20. The number of rotatable bonds is 5. The lowest BCUT2D eigenvalue weighted by Gasteiger charge is -2.28. The first-order valence-corrected chi connectivity index (χ1v) is 10.9. The third kappa shape index (κ3) is 4.50. The molecule has 2 aliphatic heterocycles. The molecule has 0 aromatic heterocycles. The van der Waals surface area contributed by atoms with Crippen LogP contribution in [0.1, 0.15) is 31.4 Å². The van der Waals surface area contributed by atoms with E-state index in [1.54, 1.807) is 24.3 Å². The first-order valence-electron chi connectivity index (χ1n) is 10.2. The van der Waals surface area contributed by atoms with E-state index in [0.29, 0.717) is 21.4 Å². The van der Waals surface area contributed by atoms with Crippen molar-refractivity contribution in [3.8, 4) is 5.75 Å². The van der Waals surface area contributed by atoms with Gasteiger partial charge < -0.3 is 4.74 Å². The van der Waals surface area contributed by atoms with Gasteiger partial charge in [0.1, 0.15) is 11.5 Å². The average molecular weight is 459 g/mol. The van der Waals surface area contributed by atoms with Gasteiger partial charge in [-0.3, -0.25) is 20.2 Å². The SMILES string of the molecule is COc1ccc([C@@H]2[C@H](C)C(C(=O)NN3C=CCCC3)=NN2c2ccc(Cl)cc2Cl)cc1. The van der Waals surface area contributed by atoms with Crippen LogP contribution in [0.25, 0.3) is 0 Å². The summed E-state index contributed by atoms with van der Waals surface area (Å²) in [6.45, 7) is 2.78. The molecule has 0 fully saturated rings. The highest BCUT2D eigenvalue weighted by Crippen LogP contribution is 2.42. The molecule has 2 aromatic carbocycles. The van der Waals surface area contributed by atoms with Gasteiger partial charge in [0.2, 0.25) is 0 Å². The van der Waals surface area contributed by atoms with Crippen LogP contribution in [0.2, 0.25) is 10.0 Å². The van der Waals surface area contributed by atoms with Crippen molar-refractivity contribution in [2.24, 2.45) is 11.0 Å². The lowest BCUT2D eigenvalue weighted by atomic mass is 9.91. The molecule has 0 saturated carbocycles. The van der Waals surface area contributed by atoms with Gasteiger partial charge in [0.15, 0.2) is 0 Å². The van der Waals surface area contributed by atoms with Gasteiger partial charge in [0.05, 0.1) is 23.9 Å². The van der Waals surface area contributed by atoms with Gasteiger partial charge in [0, 0.05) is 23.7 Å². The molecule has 4 rings (SSSR count). The Morgan fingerprint density at radius 1 is 1.19 bits per heavy atom. The number of halogens is 2. The van der Waals surface area contributed by atoms with E-state index in [0.717, 1.165) is 30.7 Å². The van der Waals surface area contributed by atoms with Crippen molar-refractivity contribution in [1.82, 2.24) is 10.4 Å². The molecule has 162 valence electrons. The second-order valence-electron chi connectivity index (χ2n) is 7.59. The van der Waals surface area contributed by atoms with E-state index < -0.39 is 0 Å². The normalized spacial score (nSPS) is 20.6. The number of hydrogen-bond donors (Lipinski definition) is 1. The molecule has 6 nitrogen and oxygen atoms in total. The van der Waals surface area contributed by atoms with Crippen molar-refractivity contribution >= 4 is 40.5 Å². The molecule has 0 bridgehead atoms. The topological polar surface area (TPSA) is 57.2 Å². The maximum Gasteiger partial charge on any atom is 0.286 e. The lowest BCUT2D eigenvalue weighted by Crippen LogP contribution is -2.44. The van der Waals surface area contributed by atoms with Crippen LogP contribution in [0.5, 0.6) is 5.75 Å². The van der Waals surface area contributed by atoms with Crippen LogP contribution in [0.4, 0.5) is 5.69 Å². The molecule has 1 amide bonds. The van der Waals surface area contributed by atoms with Crippen LogP contribution in [0, 0.1) is 5.92 Å². The fourth-order valence-corrected chi connectivity index (χ4v) is 4.42. The van der Waals surface area contributed by atoms with Crippen LogP contribution in [0.3, 0.4) is 0 Å². The Balaban J connectivity index is 1.69. The Labute approximate surface area is 192 Å². The summed E-state index contributed by atoms with van der Waals surface area (Å²) in [6.07, 6.45) is 5.96. The summed E-state index contributed by atoms with van der Waals surface area (Å²) >= 11 is 12.6. The number of hydrazone groups is 1. The van der Waals surface area contributed by atoms with E-state index in [2.05, 4.69) is 5.43 Å². The van der Waals surface area contributed by atoms with Gasteiger partial charge in [-0.2, -0.15) is 5.10 Å². The Bertz CT molecular complexity index is 1020. The number of ether oxygens (including phenoxy) is 1. The molecular formula is C23H24Cl2N4O2. The second-order valence-corrected chi connectivity index (χ2v) is 8.44. The maximum atomic E-state index is 13.1. The number of benzene rings is 2. The molecule has 1 N–H and O–H groups in total. The fourth-order valence-electron chi connectivity index (χ4n) is 3.92. The van der Waals surface area contributed by atoms with Crippen molar-refractivity contribution < 1.29 is 9.53 Å². The van der Waals surface area contributed by atoms with Crippen LogP contribution in [-0.4, -0.2) is 30.3 Å². The highest BCUT2D eigenvalue weighted by Gasteiger charge is 2.40. The minimum Gasteiger partial charge on any atom is -0.497 e. The van der Waals surface area contributed by atoms with Crippen molar-refractivity contribution in [2.45, 2.75) is 25.8 Å². The number of methoxy groups -OCH3 is 1. The van der Waals surface area contributed by atoms with E-state index in [4.69, 9.17) is 33.0 Å². The van der Waals surface area contributed by atoms with Gasteiger partial charge in [-0.05, 0) is 48.7 Å². The number of anilines is 1. The minimum absolute atomic E-state index is 0.172.